The molecule has 3 aromatic rings. The van der Waals surface area contributed by atoms with Gasteiger partial charge in [-0.05, 0) is 30.3 Å². The van der Waals surface area contributed by atoms with Crippen molar-refractivity contribution < 1.29 is 13.9 Å². The number of hydrogen-bond donors (Lipinski definition) is 0. The fourth-order valence-electron chi connectivity index (χ4n) is 3.15. The summed E-state index contributed by atoms with van der Waals surface area (Å²) in [7, 11) is 0. The van der Waals surface area contributed by atoms with Crippen LogP contribution in [0.4, 0.5) is 9.52 Å². The van der Waals surface area contributed by atoms with Gasteiger partial charge in [0.1, 0.15) is 11.3 Å². The Morgan fingerprint density at radius 3 is 2.79 bits per heavy atom. The van der Waals surface area contributed by atoms with Crippen LogP contribution in [0.5, 0.6) is 0 Å². The molecule has 1 aliphatic heterocycles. The number of para-hydroxylation sites is 1. The third-order valence-corrected chi connectivity index (χ3v) is 6.19. The standard InChI is InChI=1S/C20H19BrFN3O2S/c21-15-4-1-3-14(13-15)19(26)25(8-7-24-9-11-27-12-10-24)20-23-18-16(22)5-2-6-17(18)28-20/h1-6,13H,7-12H2. The maximum Gasteiger partial charge on any atom is 0.260 e. The predicted molar refractivity (Wildman–Crippen MR) is 113 cm³/mol. The van der Waals surface area contributed by atoms with Crippen LogP contribution in [0.2, 0.25) is 0 Å². The first-order chi connectivity index (χ1) is 13.6. The van der Waals surface area contributed by atoms with Crippen molar-refractivity contribution in [3.05, 3.63) is 58.3 Å². The largest absolute Gasteiger partial charge is 0.379 e. The van der Waals surface area contributed by atoms with Crippen LogP contribution in [0.1, 0.15) is 10.4 Å². The molecule has 0 spiro atoms. The summed E-state index contributed by atoms with van der Waals surface area (Å²) < 4.78 is 21.1. The van der Waals surface area contributed by atoms with E-state index in [1.54, 1.807) is 23.1 Å². The minimum atomic E-state index is -0.372. The Balaban J connectivity index is 1.65. The molecule has 2 heterocycles. The number of carbonyl (C=O) groups is 1. The molecule has 28 heavy (non-hydrogen) atoms. The number of aromatic nitrogens is 1. The van der Waals surface area contributed by atoms with E-state index in [1.807, 2.05) is 18.2 Å². The first-order valence-electron chi connectivity index (χ1n) is 9.04. The van der Waals surface area contributed by atoms with E-state index in [2.05, 4.69) is 25.8 Å². The molecular formula is C20H19BrFN3O2S. The topological polar surface area (TPSA) is 45.7 Å². The van der Waals surface area contributed by atoms with Crippen LogP contribution in [-0.4, -0.2) is 55.2 Å². The summed E-state index contributed by atoms with van der Waals surface area (Å²) in [5.41, 5.74) is 0.872. The molecule has 1 amide bonds. The lowest BCUT2D eigenvalue weighted by molar-refractivity contribution is 0.0391. The van der Waals surface area contributed by atoms with E-state index in [9.17, 15) is 9.18 Å². The number of amides is 1. The molecule has 146 valence electrons. The van der Waals surface area contributed by atoms with Gasteiger partial charge in [0, 0.05) is 36.2 Å². The molecular weight excluding hydrogens is 445 g/mol. The third kappa shape index (κ3) is 4.25. The van der Waals surface area contributed by atoms with Crippen LogP contribution in [-0.2, 0) is 4.74 Å². The van der Waals surface area contributed by atoms with Crippen LogP contribution < -0.4 is 4.90 Å². The number of fused-ring (bicyclic) bond motifs is 1. The van der Waals surface area contributed by atoms with E-state index in [0.29, 0.717) is 42.5 Å². The average Bonchev–Trinajstić information content (AvgIpc) is 3.14. The molecule has 0 aliphatic carbocycles. The van der Waals surface area contributed by atoms with Crippen molar-refractivity contribution in [2.24, 2.45) is 0 Å². The highest BCUT2D eigenvalue weighted by molar-refractivity contribution is 9.10. The van der Waals surface area contributed by atoms with Crippen molar-refractivity contribution in [3.63, 3.8) is 0 Å². The highest BCUT2D eigenvalue weighted by Gasteiger charge is 2.23. The number of nitrogens with zero attached hydrogens (tertiary/aromatic N) is 3. The molecule has 0 bridgehead atoms. The summed E-state index contributed by atoms with van der Waals surface area (Å²) in [5.74, 6) is -0.517. The number of thiazole rings is 1. The Kier molecular flexibility index (Phi) is 6.01. The number of anilines is 1. The maximum atomic E-state index is 14.1. The first kappa shape index (κ1) is 19.4. The molecule has 4 rings (SSSR count). The van der Waals surface area contributed by atoms with Crippen molar-refractivity contribution in [1.29, 1.82) is 0 Å². The SMILES string of the molecule is O=C(c1cccc(Br)c1)N(CCN1CCOCC1)c1nc2c(F)cccc2s1. The van der Waals surface area contributed by atoms with Gasteiger partial charge in [0.15, 0.2) is 5.13 Å². The zero-order chi connectivity index (χ0) is 19.5. The maximum absolute atomic E-state index is 14.1. The second-order valence-electron chi connectivity index (χ2n) is 6.50. The van der Waals surface area contributed by atoms with E-state index in [0.717, 1.165) is 22.3 Å². The van der Waals surface area contributed by atoms with E-state index in [-0.39, 0.29) is 11.7 Å². The van der Waals surface area contributed by atoms with Gasteiger partial charge in [0.2, 0.25) is 0 Å². The van der Waals surface area contributed by atoms with Gasteiger partial charge >= 0.3 is 0 Å². The Morgan fingerprint density at radius 1 is 1.25 bits per heavy atom. The van der Waals surface area contributed by atoms with Gasteiger partial charge in [0.25, 0.3) is 5.91 Å². The smallest absolute Gasteiger partial charge is 0.260 e. The zero-order valence-corrected chi connectivity index (χ0v) is 17.5. The number of benzene rings is 2. The molecule has 8 heteroatoms. The molecule has 1 aromatic heterocycles. The highest BCUT2D eigenvalue weighted by Crippen LogP contribution is 2.31. The number of morpholine rings is 1. The highest BCUT2D eigenvalue weighted by atomic mass is 79.9. The van der Waals surface area contributed by atoms with Crippen LogP contribution >= 0.6 is 27.3 Å². The molecule has 1 aliphatic rings. The number of hydrogen-bond acceptors (Lipinski definition) is 5. The van der Waals surface area contributed by atoms with E-state index >= 15 is 0 Å². The van der Waals surface area contributed by atoms with Crippen molar-refractivity contribution in [2.45, 2.75) is 0 Å². The lowest BCUT2D eigenvalue weighted by atomic mass is 10.2. The van der Waals surface area contributed by atoms with Gasteiger partial charge in [0.05, 0.1) is 17.9 Å². The van der Waals surface area contributed by atoms with Crippen molar-refractivity contribution in [2.75, 3.05) is 44.3 Å². The molecule has 5 nitrogen and oxygen atoms in total. The number of carbonyl (C=O) groups excluding carboxylic acids is 1. The minimum Gasteiger partial charge on any atom is -0.379 e. The number of rotatable bonds is 5. The molecule has 1 fully saturated rings. The lowest BCUT2D eigenvalue weighted by Crippen LogP contribution is -2.43. The van der Waals surface area contributed by atoms with Crippen LogP contribution in [0.3, 0.4) is 0 Å². The van der Waals surface area contributed by atoms with Gasteiger partial charge in [-0.3, -0.25) is 14.6 Å². The van der Waals surface area contributed by atoms with Gasteiger partial charge < -0.3 is 4.74 Å². The summed E-state index contributed by atoms with van der Waals surface area (Å²) in [6, 6.07) is 12.1. The van der Waals surface area contributed by atoms with Crippen molar-refractivity contribution in [3.8, 4) is 0 Å². The third-order valence-electron chi connectivity index (χ3n) is 4.65. The Labute approximate surface area is 174 Å². The first-order valence-corrected chi connectivity index (χ1v) is 10.7. The summed E-state index contributed by atoms with van der Waals surface area (Å²) in [6.07, 6.45) is 0. The average molecular weight is 464 g/mol. The zero-order valence-electron chi connectivity index (χ0n) is 15.1. The van der Waals surface area contributed by atoms with Crippen LogP contribution in [0, 0.1) is 5.82 Å². The monoisotopic (exact) mass is 463 g/mol. The van der Waals surface area contributed by atoms with Gasteiger partial charge in [-0.15, -0.1) is 0 Å². The summed E-state index contributed by atoms with van der Waals surface area (Å²) in [4.78, 5) is 21.6. The molecule has 0 N–H and O–H groups in total. The predicted octanol–water partition coefficient (Wildman–Crippen LogP) is 4.18. The van der Waals surface area contributed by atoms with E-state index < -0.39 is 0 Å². The molecule has 0 radical (unpaired) electrons. The second kappa shape index (κ2) is 8.65. The normalized spacial score (nSPS) is 15.1. The Hall–Kier alpha value is -1.87. The molecule has 0 unspecified atom stereocenters. The van der Waals surface area contributed by atoms with E-state index in [1.165, 1.54) is 17.4 Å². The van der Waals surface area contributed by atoms with Gasteiger partial charge in [-0.25, -0.2) is 9.37 Å². The second-order valence-corrected chi connectivity index (χ2v) is 8.43. The summed E-state index contributed by atoms with van der Waals surface area (Å²) in [6.45, 7) is 4.27. The van der Waals surface area contributed by atoms with Crippen molar-refractivity contribution >= 4 is 48.5 Å². The number of halogens is 2. The molecule has 2 aromatic carbocycles. The summed E-state index contributed by atoms with van der Waals surface area (Å²) in [5, 5.41) is 0.512. The van der Waals surface area contributed by atoms with Gasteiger partial charge in [-0.2, -0.15) is 0 Å². The van der Waals surface area contributed by atoms with Crippen LogP contribution in [0.25, 0.3) is 10.2 Å². The van der Waals surface area contributed by atoms with Crippen molar-refractivity contribution in [1.82, 2.24) is 9.88 Å². The fraction of sp³-hybridized carbons (Fsp3) is 0.300. The minimum absolute atomic E-state index is 0.144. The quantitative estimate of drug-likeness (QED) is 0.569. The Bertz CT molecular complexity index is 990. The Morgan fingerprint density at radius 2 is 2.04 bits per heavy atom. The van der Waals surface area contributed by atoms with E-state index in [4.69, 9.17) is 4.74 Å². The molecule has 0 saturated carbocycles. The number of ether oxygens (including phenoxy) is 1. The summed E-state index contributed by atoms with van der Waals surface area (Å²) >= 11 is 4.75. The molecule has 0 atom stereocenters. The fourth-order valence-corrected chi connectivity index (χ4v) is 4.55. The molecule has 1 saturated heterocycles. The van der Waals surface area contributed by atoms with Crippen LogP contribution in [0.15, 0.2) is 46.9 Å². The van der Waals surface area contributed by atoms with Gasteiger partial charge in [-0.1, -0.05) is 39.4 Å². The lowest BCUT2D eigenvalue weighted by Gasteiger charge is -2.29.